The van der Waals surface area contributed by atoms with E-state index in [9.17, 15) is 14.9 Å². The van der Waals surface area contributed by atoms with Gasteiger partial charge in [-0.25, -0.2) is 4.79 Å². The highest BCUT2D eigenvalue weighted by Gasteiger charge is 2.27. The van der Waals surface area contributed by atoms with E-state index in [2.05, 4.69) is 10.3 Å². The Morgan fingerprint density at radius 3 is 2.67 bits per heavy atom. The fourth-order valence-corrected chi connectivity index (χ4v) is 0.412. The normalized spacial score (nSPS) is 24.0. The van der Waals surface area contributed by atoms with Crippen LogP contribution in [0.15, 0.2) is 4.99 Å². The van der Waals surface area contributed by atoms with E-state index in [-0.39, 0.29) is 0 Å². The highest BCUT2D eigenvalue weighted by Crippen LogP contribution is 1.93. The standard InChI is InChI=1S/C3H2N3O3/c7-3-4-1-2(5-3)6(8)9/h1-2H. The molecule has 0 aliphatic carbocycles. The summed E-state index contributed by atoms with van der Waals surface area (Å²) < 4.78 is 0. The number of nitrogens with zero attached hydrogens (tertiary/aromatic N) is 3. The first-order valence-corrected chi connectivity index (χ1v) is 2.12. The predicted octanol–water partition coefficient (Wildman–Crippen LogP) is -0.602. The number of amides is 2. The van der Waals surface area contributed by atoms with Crippen molar-refractivity contribution in [3.05, 3.63) is 10.1 Å². The van der Waals surface area contributed by atoms with E-state index < -0.39 is 17.1 Å². The largest absolute Gasteiger partial charge is 0.368 e. The summed E-state index contributed by atoms with van der Waals surface area (Å²) in [6, 6.07) is -0.781. The van der Waals surface area contributed by atoms with Gasteiger partial charge < -0.3 is 0 Å². The van der Waals surface area contributed by atoms with Crippen molar-refractivity contribution in [2.45, 2.75) is 6.17 Å². The minimum atomic E-state index is -1.25. The van der Waals surface area contributed by atoms with Crippen molar-refractivity contribution in [3.8, 4) is 0 Å². The summed E-state index contributed by atoms with van der Waals surface area (Å²) in [6.07, 6.45) is -0.347. The van der Waals surface area contributed by atoms with E-state index >= 15 is 0 Å². The van der Waals surface area contributed by atoms with Gasteiger partial charge in [0.1, 0.15) is 6.21 Å². The maximum Gasteiger partial charge on any atom is 0.368 e. The predicted molar refractivity (Wildman–Crippen MR) is 26.8 cm³/mol. The number of nitro groups is 1. The molecule has 0 saturated carbocycles. The quantitative estimate of drug-likeness (QED) is 0.349. The molecule has 0 aromatic heterocycles. The molecular formula is C3H2N3O3. The molecule has 0 N–H and O–H groups in total. The smallest absolute Gasteiger partial charge is 0.262 e. The molecule has 6 heteroatoms. The fraction of sp³-hybridized carbons (Fsp3) is 0.333. The zero-order valence-electron chi connectivity index (χ0n) is 4.22. The number of aliphatic imine (C=N–C) groups is 1. The average molecular weight is 128 g/mol. The molecule has 47 valence electrons. The third-order valence-corrected chi connectivity index (χ3v) is 0.777. The molecule has 0 aromatic rings. The Morgan fingerprint density at radius 2 is 2.44 bits per heavy atom. The second kappa shape index (κ2) is 1.81. The zero-order chi connectivity index (χ0) is 6.85. The molecule has 0 bridgehead atoms. The Balaban J connectivity index is 2.60. The summed E-state index contributed by atoms with van der Waals surface area (Å²) >= 11 is 0. The van der Waals surface area contributed by atoms with Crippen molar-refractivity contribution in [2.75, 3.05) is 0 Å². The highest BCUT2D eigenvalue weighted by molar-refractivity contribution is 5.91. The van der Waals surface area contributed by atoms with Gasteiger partial charge in [-0.1, -0.05) is 0 Å². The summed E-state index contributed by atoms with van der Waals surface area (Å²) in [5.41, 5.74) is 0. The Kier molecular flexibility index (Phi) is 1.14. The van der Waals surface area contributed by atoms with Gasteiger partial charge in [0.2, 0.25) is 0 Å². The maximum atomic E-state index is 10.1. The van der Waals surface area contributed by atoms with Crippen LogP contribution in [-0.4, -0.2) is 23.3 Å². The Morgan fingerprint density at radius 1 is 1.78 bits per heavy atom. The van der Waals surface area contributed by atoms with Gasteiger partial charge in [-0.2, -0.15) is 4.99 Å². The number of hydrogen-bond acceptors (Lipinski definition) is 3. The van der Waals surface area contributed by atoms with Crippen LogP contribution in [0.5, 0.6) is 0 Å². The Labute approximate surface area is 49.7 Å². The zero-order valence-corrected chi connectivity index (χ0v) is 4.22. The van der Waals surface area contributed by atoms with Crippen molar-refractivity contribution in [1.82, 2.24) is 5.32 Å². The van der Waals surface area contributed by atoms with Gasteiger partial charge in [0.15, 0.2) is 0 Å². The van der Waals surface area contributed by atoms with Gasteiger partial charge in [-0.05, 0) is 0 Å². The molecule has 2 amide bonds. The molecule has 1 radical (unpaired) electrons. The molecule has 6 nitrogen and oxygen atoms in total. The van der Waals surface area contributed by atoms with Crippen molar-refractivity contribution in [3.63, 3.8) is 0 Å². The Hall–Kier alpha value is -1.46. The summed E-state index contributed by atoms with van der Waals surface area (Å²) in [4.78, 5) is 22.3. The maximum absolute atomic E-state index is 10.1. The molecule has 0 saturated heterocycles. The first-order chi connectivity index (χ1) is 4.20. The summed E-state index contributed by atoms with van der Waals surface area (Å²) in [5, 5.41) is 12.8. The number of carbonyl (C=O) groups is 1. The molecule has 0 fully saturated rings. The third kappa shape index (κ3) is 1.01. The molecule has 1 atom stereocenters. The summed E-state index contributed by atoms with van der Waals surface area (Å²) in [7, 11) is 0. The molecule has 1 aliphatic rings. The summed E-state index contributed by atoms with van der Waals surface area (Å²) in [6.45, 7) is 0. The van der Waals surface area contributed by atoms with Crippen molar-refractivity contribution >= 4 is 12.2 Å². The van der Waals surface area contributed by atoms with Crippen molar-refractivity contribution in [1.29, 1.82) is 0 Å². The lowest BCUT2D eigenvalue weighted by Gasteiger charge is -1.91. The van der Waals surface area contributed by atoms with Crippen LogP contribution in [0.1, 0.15) is 0 Å². The number of urea groups is 1. The monoisotopic (exact) mass is 128 g/mol. The van der Waals surface area contributed by atoms with Crippen LogP contribution < -0.4 is 5.32 Å². The van der Waals surface area contributed by atoms with Gasteiger partial charge >= 0.3 is 12.2 Å². The number of hydrogen-bond donors (Lipinski definition) is 0. The topological polar surface area (TPSA) is 86.7 Å². The van der Waals surface area contributed by atoms with Crippen molar-refractivity contribution in [2.24, 2.45) is 4.99 Å². The summed E-state index contributed by atoms with van der Waals surface area (Å²) in [5.74, 6) is 0. The lowest BCUT2D eigenvalue weighted by atomic mass is 10.6. The number of rotatable bonds is 1. The molecule has 9 heavy (non-hydrogen) atoms. The molecule has 0 spiro atoms. The van der Waals surface area contributed by atoms with E-state index in [0.29, 0.717) is 0 Å². The minimum absolute atomic E-state index is 0.686. The SMILES string of the molecule is O=C1[N]C([N+](=O)[O-])C=N1. The van der Waals surface area contributed by atoms with Gasteiger partial charge in [0.05, 0.1) is 4.92 Å². The van der Waals surface area contributed by atoms with Crippen LogP contribution >= 0.6 is 0 Å². The van der Waals surface area contributed by atoms with Crippen LogP contribution in [0.25, 0.3) is 0 Å². The second-order valence-electron chi connectivity index (χ2n) is 1.39. The van der Waals surface area contributed by atoms with Crippen LogP contribution in [0, 0.1) is 10.1 Å². The molecule has 1 rings (SSSR count). The first kappa shape index (κ1) is 5.67. The first-order valence-electron chi connectivity index (χ1n) is 2.12. The van der Waals surface area contributed by atoms with E-state index in [1.54, 1.807) is 0 Å². The lowest BCUT2D eigenvalue weighted by Crippen LogP contribution is -2.28. The lowest BCUT2D eigenvalue weighted by molar-refractivity contribution is -0.505. The molecule has 1 heterocycles. The molecule has 0 aromatic carbocycles. The van der Waals surface area contributed by atoms with E-state index in [1.807, 2.05) is 0 Å². The third-order valence-electron chi connectivity index (χ3n) is 0.777. The van der Waals surface area contributed by atoms with Crippen LogP contribution in [-0.2, 0) is 0 Å². The van der Waals surface area contributed by atoms with E-state index in [4.69, 9.17) is 0 Å². The van der Waals surface area contributed by atoms with E-state index in [1.165, 1.54) is 0 Å². The van der Waals surface area contributed by atoms with E-state index in [0.717, 1.165) is 6.21 Å². The van der Waals surface area contributed by atoms with Gasteiger partial charge in [0.25, 0.3) is 0 Å². The minimum Gasteiger partial charge on any atom is -0.262 e. The van der Waals surface area contributed by atoms with Gasteiger partial charge in [0, 0.05) is 0 Å². The molecular weight excluding hydrogens is 126 g/mol. The average Bonchev–Trinajstić information content (AvgIpc) is 2.14. The number of carbonyl (C=O) groups excluding carboxylic acids is 1. The van der Waals surface area contributed by atoms with Crippen LogP contribution in [0.2, 0.25) is 0 Å². The molecule has 1 aliphatic heterocycles. The van der Waals surface area contributed by atoms with Gasteiger partial charge in [-0.3, -0.25) is 10.1 Å². The van der Waals surface area contributed by atoms with Crippen LogP contribution in [0.3, 0.4) is 0 Å². The fourth-order valence-electron chi connectivity index (χ4n) is 0.412. The van der Waals surface area contributed by atoms with Gasteiger partial charge in [-0.15, -0.1) is 5.32 Å². The Bertz CT molecular complexity index is 187. The molecule has 1 unspecified atom stereocenters. The highest BCUT2D eigenvalue weighted by atomic mass is 16.6. The second-order valence-corrected chi connectivity index (χ2v) is 1.39. The van der Waals surface area contributed by atoms with Crippen LogP contribution in [0.4, 0.5) is 4.79 Å². The van der Waals surface area contributed by atoms with Crippen molar-refractivity contribution < 1.29 is 9.72 Å².